The Morgan fingerprint density at radius 2 is 1.77 bits per heavy atom. The third-order valence-corrected chi connectivity index (χ3v) is 5.63. The summed E-state index contributed by atoms with van der Waals surface area (Å²) in [5, 5.41) is 8.06. The lowest BCUT2D eigenvalue weighted by atomic mass is 10.0. The summed E-state index contributed by atoms with van der Waals surface area (Å²) in [5.41, 5.74) is 5.78. The van der Waals surface area contributed by atoms with E-state index >= 15 is 0 Å². The molecule has 2 saturated carbocycles. The summed E-state index contributed by atoms with van der Waals surface area (Å²) in [6.45, 7) is 6.14. The first kappa shape index (κ1) is 15.8. The van der Waals surface area contributed by atoms with Crippen molar-refractivity contribution in [1.29, 1.82) is 0 Å². The summed E-state index contributed by atoms with van der Waals surface area (Å²) in [5.74, 6) is 3.13. The molecule has 2 aliphatic carbocycles. The monoisotopic (exact) mass is 348 g/mol. The van der Waals surface area contributed by atoms with E-state index in [4.69, 9.17) is 4.52 Å². The predicted octanol–water partition coefficient (Wildman–Crippen LogP) is 4.81. The van der Waals surface area contributed by atoms with Crippen LogP contribution in [-0.4, -0.2) is 21.2 Å². The van der Waals surface area contributed by atoms with Gasteiger partial charge in [-0.25, -0.2) is 9.97 Å². The zero-order chi connectivity index (χ0) is 17.8. The van der Waals surface area contributed by atoms with Crippen molar-refractivity contribution in [3.8, 4) is 11.3 Å². The molecule has 134 valence electrons. The zero-order valence-corrected chi connectivity index (χ0v) is 15.5. The van der Waals surface area contributed by atoms with Crippen LogP contribution < -0.4 is 5.32 Å². The number of aromatic nitrogens is 3. The molecule has 0 saturated heterocycles. The summed E-state index contributed by atoms with van der Waals surface area (Å²) in [6, 6.07) is 6.89. The number of hydrogen-bond donors (Lipinski definition) is 1. The first-order valence-corrected chi connectivity index (χ1v) is 9.58. The van der Waals surface area contributed by atoms with Crippen LogP contribution in [0.2, 0.25) is 0 Å². The minimum absolute atomic E-state index is 0.516. The molecule has 0 radical (unpaired) electrons. The van der Waals surface area contributed by atoms with E-state index in [2.05, 4.69) is 52.5 Å². The average molecular weight is 348 g/mol. The van der Waals surface area contributed by atoms with E-state index in [1.165, 1.54) is 36.8 Å². The van der Waals surface area contributed by atoms with E-state index in [-0.39, 0.29) is 0 Å². The first-order chi connectivity index (χ1) is 12.6. The molecule has 2 aromatic heterocycles. The number of hydrogen-bond acceptors (Lipinski definition) is 5. The van der Waals surface area contributed by atoms with Gasteiger partial charge in [-0.15, -0.1) is 0 Å². The van der Waals surface area contributed by atoms with Gasteiger partial charge in [0.25, 0.3) is 0 Å². The predicted molar refractivity (Wildman–Crippen MR) is 102 cm³/mol. The van der Waals surface area contributed by atoms with Crippen LogP contribution in [0.25, 0.3) is 22.4 Å². The van der Waals surface area contributed by atoms with Crippen LogP contribution in [-0.2, 0) is 0 Å². The summed E-state index contributed by atoms with van der Waals surface area (Å²) >= 11 is 0. The summed E-state index contributed by atoms with van der Waals surface area (Å²) in [7, 11) is 0. The molecule has 0 bridgehead atoms. The van der Waals surface area contributed by atoms with E-state index in [9.17, 15) is 0 Å². The van der Waals surface area contributed by atoms with Gasteiger partial charge in [0.2, 0.25) is 5.58 Å². The van der Waals surface area contributed by atoms with Crippen molar-refractivity contribution in [2.45, 2.75) is 52.5 Å². The Balaban J connectivity index is 1.59. The highest BCUT2D eigenvalue weighted by Crippen LogP contribution is 2.46. The number of anilines is 1. The lowest BCUT2D eigenvalue weighted by Crippen LogP contribution is -2.25. The molecule has 1 aromatic carbocycles. The van der Waals surface area contributed by atoms with Gasteiger partial charge in [0, 0.05) is 11.6 Å². The van der Waals surface area contributed by atoms with Crippen LogP contribution >= 0.6 is 0 Å². The maximum atomic E-state index is 5.74. The highest BCUT2D eigenvalue weighted by molar-refractivity contribution is 5.94. The van der Waals surface area contributed by atoms with Crippen LogP contribution in [0, 0.1) is 32.6 Å². The van der Waals surface area contributed by atoms with Gasteiger partial charge in [-0.1, -0.05) is 28.9 Å². The van der Waals surface area contributed by atoms with Crippen LogP contribution in [0.1, 0.15) is 42.6 Å². The minimum Gasteiger partial charge on any atom is -0.363 e. The van der Waals surface area contributed by atoms with Gasteiger partial charge >= 0.3 is 0 Å². The molecule has 0 aliphatic heterocycles. The van der Waals surface area contributed by atoms with Gasteiger partial charge in [0.15, 0.2) is 5.82 Å². The van der Waals surface area contributed by atoms with Crippen molar-refractivity contribution >= 4 is 16.9 Å². The molecule has 26 heavy (non-hydrogen) atoms. The van der Waals surface area contributed by atoms with Gasteiger partial charge in [0.05, 0.1) is 0 Å². The number of benzene rings is 1. The minimum atomic E-state index is 0.516. The lowest BCUT2D eigenvalue weighted by molar-refractivity contribution is 0.458. The van der Waals surface area contributed by atoms with Crippen LogP contribution in [0.15, 0.2) is 22.7 Å². The van der Waals surface area contributed by atoms with E-state index in [1.807, 2.05) is 6.92 Å². The summed E-state index contributed by atoms with van der Waals surface area (Å²) < 4.78 is 5.74. The second-order valence-corrected chi connectivity index (χ2v) is 7.99. The molecule has 0 amide bonds. The van der Waals surface area contributed by atoms with Gasteiger partial charge in [-0.2, -0.15) is 0 Å². The molecule has 5 nitrogen and oxygen atoms in total. The van der Waals surface area contributed by atoms with Crippen molar-refractivity contribution in [3.05, 3.63) is 35.2 Å². The Kier molecular flexibility index (Phi) is 3.52. The molecule has 2 heterocycles. The average Bonchev–Trinajstić information content (AvgIpc) is 3.51. The maximum absolute atomic E-state index is 5.74. The molecular weight excluding hydrogens is 324 g/mol. The molecule has 2 aliphatic rings. The number of nitrogens with zero attached hydrogens (tertiary/aromatic N) is 3. The number of aryl methyl sites for hydroxylation is 3. The van der Waals surface area contributed by atoms with Gasteiger partial charge in [0.1, 0.15) is 17.0 Å². The van der Waals surface area contributed by atoms with Gasteiger partial charge < -0.3 is 9.84 Å². The smallest absolute Gasteiger partial charge is 0.228 e. The summed E-state index contributed by atoms with van der Waals surface area (Å²) in [4.78, 5) is 9.31. The molecule has 0 spiro atoms. The molecular formula is C21H24N4O. The Hall–Kier alpha value is -2.43. The number of fused-ring (bicyclic) bond motifs is 1. The zero-order valence-electron chi connectivity index (χ0n) is 15.5. The van der Waals surface area contributed by atoms with Gasteiger partial charge in [-0.05, 0) is 63.9 Å². The third kappa shape index (κ3) is 2.75. The normalized spacial score (nSPS) is 17.2. The molecule has 0 unspecified atom stereocenters. The first-order valence-electron chi connectivity index (χ1n) is 9.58. The highest BCUT2D eigenvalue weighted by Gasteiger charge is 2.42. The second kappa shape index (κ2) is 5.79. The van der Waals surface area contributed by atoms with E-state index < -0.39 is 0 Å². The number of rotatable bonds is 5. The fraction of sp³-hybridized carbons (Fsp3) is 0.476. The topological polar surface area (TPSA) is 63.8 Å². The van der Waals surface area contributed by atoms with Crippen molar-refractivity contribution < 1.29 is 4.52 Å². The molecule has 3 aromatic rings. The van der Waals surface area contributed by atoms with E-state index in [0.717, 1.165) is 40.3 Å². The molecule has 1 N–H and O–H groups in total. The van der Waals surface area contributed by atoms with Crippen LogP contribution in [0.4, 0.5) is 5.82 Å². The highest BCUT2D eigenvalue weighted by atomic mass is 16.5. The van der Waals surface area contributed by atoms with E-state index in [0.29, 0.717) is 11.6 Å². The van der Waals surface area contributed by atoms with Crippen LogP contribution in [0.5, 0.6) is 0 Å². The third-order valence-electron chi connectivity index (χ3n) is 5.63. The van der Waals surface area contributed by atoms with E-state index in [1.54, 1.807) is 0 Å². The second-order valence-electron chi connectivity index (χ2n) is 7.99. The largest absolute Gasteiger partial charge is 0.363 e. The Morgan fingerprint density at radius 1 is 1.04 bits per heavy atom. The molecule has 0 atom stereocenters. The summed E-state index contributed by atoms with van der Waals surface area (Å²) in [6.07, 6.45) is 5.30. The Labute approximate surface area is 153 Å². The Bertz CT molecular complexity index is 973. The fourth-order valence-electron chi connectivity index (χ4n) is 3.99. The maximum Gasteiger partial charge on any atom is 0.228 e. The molecule has 5 heteroatoms. The molecule has 2 fully saturated rings. The Morgan fingerprint density at radius 3 is 2.42 bits per heavy atom. The van der Waals surface area contributed by atoms with Crippen molar-refractivity contribution in [2.24, 2.45) is 11.8 Å². The van der Waals surface area contributed by atoms with Gasteiger partial charge in [-0.3, -0.25) is 0 Å². The SMILES string of the molecule is Cc1ccc(-c2noc3c(NC(C4CC4)C4CC4)nc(C)nc23)c(C)c1. The van der Waals surface area contributed by atoms with Crippen molar-refractivity contribution in [3.63, 3.8) is 0 Å². The molecule has 5 rings (SSSR count). The lowest BCUT2D eigenvalue weighted by Gasteiger charge is -2.18. The van der Waals surface area contributed by atoms with Crippen LogP contribution in [0.3, 0.4) is 0 Å². The quantitative estimate of drug-likeness (QED) is 0.717. The standard InChI is InChI=1S/C21H24N4O/c1-11-4-9-16(12(2)10-11)18-19-20(26-25-18)21(23-13(3)22-19)24-17(14-5-6-14)15-7-8-15/h4,9-10,14-15,17H,5-8H2,1-3H3,(H,22,23,24). The van der Waals surface area contributed by atoms with Crippen molar-refractivity contribution in [2.75, 3.05) is 5.32 Å². The van der Waals surface area contributed by atoms with Crippen molar-refractivity contribution in [1.82, 2.24) is 15.1 Å². The fourth-order valence-corrected chi connectivity index (χ4v) is 3.99. The number of nitrogens with one attached hydrogen (secondary N) is 1.